The molecule has 1 fully saturated rings. The molecule has 1 atom stereocenters. The molecule has 0 unspecified atom stereocenters. The predicted molar refractivity (Wildman–Crippen MR) is 159 cm³/mol. The molecule has 0 spiro atoms. The van der Waals surface area contributed by atoms with Gasteiger partial charge in [-0.05, 0) is 72.0 Å². The number of carbonyl (C=O) groups is 1. The van der Waals surface area contributed by atoms with E-state index in [1.54, 1.807) is 0 Å². The third-order valence-electron chi connectivity index (χ3n) is 7.32. The molecule has 196 valence electrons. The molecule has 1 aliphatic rings. The molecular weight excluding hydrogens is 489 g/mol. The van der Waals surface area contributed by atoms with Crippen molar-refractivity contribution in [2.24, 2.45) is 0 Å². The fraction of sp³-hybridized carbons (Fsp3) is 0.406. The minimum Gasteiger partial charge on any atom is -0.534 e. The van der Waals surface area contributed by atoms with Crippen molar-refractivity contribution in [3.05, 3.63) is 90.5 Å². The van der Waals surface area contributed by atoms with Gasteiger partial charge in [-0.1, -0.05) is 93.6 Å². The van der Waals surface area contributed by atoms with Crippen molar-refractivity contribution >= 4 is 32.8 Å². The molecule has 37 heavy (non-hydrogen) atoms. The van der Waals surface area contributed by atoms with Crippen LogP contribution >= 0.6 is 0 Å². The van der Waals surface area contributed by atoms with E-state index in [0.717, 1.165) is 30.6 Å². The van der Waals surface area contributed by atoms with Crippen molar-refractivity contribution in [3.63, 3.8) is 0 Å². The Kier molecular flexibility index (Phi) is 7.98. The van der Waals surface area contributed by atoms with E-state index in [0.29, 0.717) is 12.8 Å². The molecule has 1 aliphatic carbocycles. The lowest BCUT2D eigenvalue weighted by atomic mass is 9.79. The van der Waals surface area contributed by atoms with Crippen molar-refractivity contribution in [1.29, 1.82) is 0 Å². The van der Waals surface area contributed by atoms with Crippen LogP contribution in [-0.2, 0) is 15.6 Å². The number of benzene rings is 3. The van der Waals surface area contributed by atoms with E-state index in [2.05, 4.69) is 125 Å². The van der Waals surface area contributed by atoms with Gasteiger partial charge in [0.05, 0.1) is 0 Å². The minimum absolute atomic E-state index is 0.118. The van der Waals surface area contributed by atoms with Crippen LogP contribution in [0.1, 0.15) is 52.0 Å². The molecule has 3 aromatic carbocycles. The van der Waals surface area contributed by atoms with E-state index >= 15 is 0 Å². The summed E-state index contributed by atoms with van der Waals surface area (Å²) in [6, 6.07) is 29.8. The van der Waals surface area contributed by atoms with Gasteiger partial charge < -0.3 is 8.85 Å². The van der Waals surface area contributed by atoms with Crippen LogP contribution in [0, 0.1) is 0 Å². The Balaban J connectivity index is 1.77. The first-order valence-corrected chi connectivity index (χ1v) is 18.9. The Morgan fingerprint density at radius 3 is 1.92 bits per heavy atom. The number of rotatable bonds is 8. The van der Waals surface area contributed by atoms with Gasteiger partial charge in [0.15, 0.2) is 14.1 Å². The second-order valence-corrected chi connectivity index (χ2v) is 21.1. The van der Waals surface area contributed by atoms with Crippen LogP contribution in [0.2, 0.25) is 24.7 Å². The highest BCUT2D eigenvalue weighted by molar-refractivity contribution is 7.00. The van der Waals surface area contributed by atoms with Crippen LogP contribution in [-0.4, -0.2) is 28.0 Å². The zero-order valence-electron chi connectivity index (χ0n) is 23.3. The largest absolute Gasteiger partial charge is 0.534 e. The predicted octanol–water partition coefficient (Wildman–Crippen LogP) is 6.90. The van der Waals surface area contributed by atoms with Crippen molar-refractivity contribution < 1.29 is 13.6 Å². The lowest BCUT2D eigenvalue weighted by Gasteiger charge is -2.43. The van der Waals surface area contributed by atoms with Gasteiger partial charge in [-0.2, -0.15) is 0 Å². The summed E-state index contributed by atoms with van der Waals surface area (Å²) in [5.74, 6) is 1.12. The molecule has 3 nitrogen and oxygen atoms in total. The summed E-state index contributed by atoms with van der Waals surface area (Å²) in [6.07, 6.45) is 4.02. The maximum absolute atomic E-state index is 13.3. The van der Waals surface area contributed by atoms with E-state index < -0.39 is 22.2 Å². The van der Waals surface area contributed by atoms with Crippen LogP contribution in [0.25, 0.3) is 0 Å². The van der Waals surface area contributed by atoms with Crippen molar-refractivity contribution in [1.82, 2.24) is 0 Å². The van der Waals surface area contributed by atoms with Crippen LogP contribution in [0.5, 0.6) is 5.75 Å². The maximum Gasteiger partial charge on any atom is 0.319 e. The minimum atomic E-state index is -2.73. The lowest BCUT2D eigenvalue weighted by molar-refractivity contribution is -0.138. The van der Waals surface area contributed by atoms with E-state index in [9.17, 15) is 4.79 Å². The van der Waals surface area contributed by atoms with Crippen LogP contribution < -0.4 is 14.8 Å². The molecule has 0 N–H and O–H groups in total. The monoisotopic (exact) mass is 530 g/mol. The van der Waals surface area contributed by atoms with Gasteiger partial charge in [-0.3, -0.25) is 4.79 Å². The fourth-order valence-electron chi connectivity index (χ4n) is 5.86. The Morgan fingerprint density at radius 1 is 0.811 bits per heavy atom. The van der Waals surface area contributed by atoms with Crippen molar-refractivity contribution in [2.75, 3.05) is 0 Å². The average molecular weight is 531 g/mol. The van der Waals surface area contributed by atoms with Crippen LogP contribution in [0.3, 0.4) is 0 Å². The van der Waals surface area contributed by atoms with Crippen LogP contribution in [0.4, 0.5) is 0 Å². The molecular formula is C32H42O3Si2. The van der Waals surface area contributed by atoms with E-state index in [-0.39, 0.29) is 10.8 Å². The fourth-order valence-corrected chi connectivity index (χ4v) is 11.7. The smallest absolute Gasteiger partial charge is 0.319 e. The van der Waals surface area contributed by atoms with Gasteiger partial charge in [-0.15, -0.1) is 0 Å². The molecule has 0 bridgehead atoms. The molecule has 0 aliphatic heterocycles. The number of carbonyl (C=O) groups excluding carboxylic acids is 1. The Labute approximate surface area is 225 Å². The number of Topliss-reactive ketones (excluding diaryl/α,β-unsaturated/α-hetero) is 1. The Bertz CT molecular complexity index is 1160. The molecule has 0 amide bonds. The molecule has 0 saturated heterocycles. The summed E-state index contributed by atoms with van der Waals surface area (Å²) >= 11 is 0. The second kappa shape index (κ2) is 10.7. The highest BCUT2D eigenvalue weighted by Gasteiger charge is 2.52. The summed E-state index contributed by atoms with van der Waals surface area (Å²) in [6.45, 7) is 13.4. The van der Waals surface area contributed by atoms with Crippen molar-refractivity contribution in [2.45, 2.75) is 83.2 Å². The average Bonchev–Trinajstić information content (AvgIpc) is 2.84. The summed E-state index contributed by atoms with van der Waals surface area (Å²) < 4.78 is 13.9. The summed E-state index contributed by atoms with van der Waals surface area (Å²) in [4.78, 5) is 13.3. The standard InChI is InChI=1S/C32H42O3Si2/c1-31(2,3)37(28-18-9-7-10-19-28,29-20-11-8-12-21-29)34-27-17-15-16-26(24-27)25-32(35-36(4,5)6)23-14-13-22-30(32)33/h7-12,15-21,24H,13-14,22-23,25H2,1-6H3/t32-/m1/s1. The summed E-state index contributed by atoms with van der Waals surface area (Å²) in [7, 11) is -4.65. The molecule has 0 radical (unpaired) electrons. The normalized spacial score (nSPS) is 19.0. The first kappa shape index (κ1) is 27.6. The van der Waals surface area contributed by atoms with E-state index in [1.165, 1.54) is 10.4 Å². The van der Waals surface area contributed by atoms with E-state index in [4.69, 9.17) is 8.85 Å². The van der Waals surface area contributed by atoms with Gasteiger partial charge in [-0.25, -0.2) is 0 Å². The quantitative estimate of drug-likeness (QED) is 0.297. The van der Waals surface area contributed by atoms with Gasteiger partial charge in [0.25, 0.3) is 0 Å². The van der Waals surface area contributed by atoms with Gasteiger partial charge in [0.2, 0.25) is 0 Å². The zero-order chi connectivity index (χ0) is 26.7. The topological polar surface area (TPSA) is 35.5 Å². The van der Waals surface area contributed by atoms with Gasteiger partial charge in [0.1, 0.15) is 11.4 Å². The van der Waals surface area contributed by atoms with Crippen LogP contribution in [0.15, 0.2) is 84.9 Å². The second-order valence-electron chi connectivity index (χ2n) is 12.4. The number of hydrogen-bond acceptors (Lipinski definition) is 3. The van der Waals surface area contributed by atoms with Crippen molar-refractivity contribution in [3.8, 4) is 5.75 Å². The highest BCUT2D eigenvalue weighted by atomic mass is 28.4. The first-order valence-electron chi connectivity index (χ1n) is 13.6. The third-order valence-corrected chi connectivity index (χ3v) is 13.3. The molecule has 4 rings (SSSR count). The Morgan fingerprint density at radius 2 is 1.41 bits per heavy atom. The Hall–Kier alpha value is -2.48. The van der Waals surface area contributed by atoms with E-state index in [1.807, 2.05) is 0 Å². The molecule has 0 heterocycles. The lowest BCUT2D eigenvalue weighted by Crippen LogP contribution is -2.68. The molecule has 3 aromatic rings. The first-order chi connectivity index (χ1) is 17.5. The zero-order valence-corrected chi connectivity index (χ0v) is 25.3. The summed E-state index contributed by atoms with van der Waals surface area (Å²) in [5, 5.41) is 2.38. The number of ketones is 1. The number of hydrogen-bond donors (Lipinski definition) is 0. The molecule has 5 heteroatoms. The summed E-state index contributed by atoms with van der Waals surface area (Å²) in [5.41, 5.74) is 0.391. The molecule has 1 saturated carbocycles. The highest BCUT2D eigenvalue weighted by Crippen LogP contribution is 2.39. The molecule has 0 aromatic heterocycles. The SMILES string of the molecule is CC(C)(C)[Si](Oc1cccc(C[C@]2(O[Si](C)(C)C)CCCCC2=O)c1)(c1ccccc1)c1ccccc1. The maximum atomic E-state index is 13.3. The third kappa shape index (κ3) is 6.00. The van der Waals surface area contributed by atoms with Gasteiger partial charge in [0, 0.05) is 12.8 Å². The van der Waals surface area contributed by atoms with Gasteiger partial charge >= 0.3 is 8.32 Å².